The Kier molecular flexibility index (Phi) is 3.17. The van der Waals surface area contributed by atoms with E-state index in [2.05, 4.69) is 15.6 Å². The Morgan fingerprint density at radius 2 is 1.78 bits per heavy atom. The van der Waals surface area contributed by atoms with Crippen molar-refractivity contribution in [1.82, 2.24) is 15.0 Å². The summed E-state index contributed by atoms with van der Waals surface area (Å²) in [5.41, 5.74) is -0.487. The lowest BCUT2D eigenvalue weighted by Crippen LogP contribution is -2.07. The van der Waals surface area contributed by atoms with E-state index in [0.717, 1.165) is 0 Å². The van der Waals surface area contributed by atoms with Gasteiger partial charge in [-0.05, 0) is 0 Å². The Bertz CT molecular complexity index is 555. The van der Waals surface area contributed by atoms with E-state index in [1.54, 1.807) is 7.05 Å². The van der Waals surface area contributed by atoms with Crippen molar-refractivity contribution in [2.75, 3.05) is 5.32 Å². The molecule has 0 saturated carbocycles. The van der Waals surface area contributed by atoms with Gasteiger partial charge in [-0.25, -0.2) is 17.6 Å². The lowest BCUT2D eigenvalue weighted by atomic mass is 10.2. The van der Waals surface area contributed by atoms with Gasteiger partial charge >= 0.3 is 0 Å². The second-order valence-corrected chi connectivity index (χ2v) is 3.58. The summed E-state index contributed by atoms with van der Waals surface area (Å²) in [5.74, 6) is -5.87. The van der Waals surface area contributed by atoms with E-state index in [4.69, 9.17) is 0 Å². The van der Waals surface area contributed by atoms with Crippen molar-refractivity contribution in [3.05, 3.63) is 41.2 Å². The standard InChI is InChI=1S/C10H8F4N4/c1-18-4-5(16-17-18)3-15-10-8(13)6(11)2-7(12)9(10)14/h2,4,15H,3H2,1H3. The average molecular weight is 260 g/mol. The van der Waals surface area contributed by atoms with Gasteiger partial charge in [0.2, 0.25) is 0 Å². The van der Waals surface area contributed by atoms with Crippen LogP contribution in [-0.2, 0) is 13.6 Å². The van der Waals surface area contributed by atoms with Crippen molar-refractivity contribution in [2.24, 2.45) is 7.05 Å². The molecule has 1 aromatic carbocycles. The highest BCUT2D eigenvalue weighted by Crippen LogP contribution is 2.24. The molecule has 18 heavy (non-hydrogen) atoms. The fourth-order valence-electron chi connectivity index (χ4n) is 1.38. The second-order valence-electron chi connectivity index (χ2n) is 3.58. The van der Waals surface area contributed by atoms with E-state index in [1.165, 1.54) is 10.9 Å². The highest BCUT2D eigenvalue weighted by Gasteiger charge is 2.18. The Balaban J connectivity index is 2.24. The topological polar surface area (TPSA) is 42.7 Å². The number of halogens is 4. The molecule has 1 aromatic heterocycles. The second kappa shape index (κ2) is 4.63. The van der Waals surface area contributed by atoms with Crippen LogP contribution >= 0.6 is 0 Å². The molecule has 0 saturated heterocycles. The molecule has 96 valence electrons. The van der Waals surface area contributed by atoms with Crippen LogP contribution < -0.4 is 5.32 Å². The molecule has 0 spiro atoms. The zero-order valence-corrected chi connectivity index (χ0v) is 9.22. The summed E-state index contributed by atoms with van der Waals surface area (Å²) in [6, 6.07) is 0.151. The third kappa shape index (κ3) is 2.27. The molecule has 2 aromatic rings. The number of hydrogen-bond donors (Lipinski definition) is 1. The van der Waals surface area contributed by atoms with Crippen LogP contribution in [0, 0.1) is 23.3 Å². The van der Waals surface area contributed by atoms with Gasteiger partial charge in [0, 0.05) is 19.3 Å². The maximum absolute atomic E-state index is 13.3. The molecule has 8 heteroatoms. The van der Waals surface area contributed by atoms with Gasteiger partial charge in [-0.2, -0.15) is 0 Å². The Morgan fingerprint density at radius 3 is 2.28 bits per heavy atom. The molecule has 0 unspecified atom stereocenters. The monoisotopic (exact) mass is 260 g/mol. The highest BCUT2D eigenvalue weighted by molar-refractivity contribution is 5.47. The van der Waals surface area contributed by atoms with Crippen LogP contribution in [0.5, 0.6) is 0 Å². The predicted octanol–water partition coefficient (Wildman–Crippen LogP) is 1.98. The van der Waals surface area contributed by atoms with Gasteiger partial charge in [0.1, 0.15) is 11.4 Å². The fourth-order valence-corrected chi connectivity index (χ4v) is 1.38. The number of aromatic nitrogens is 3. The van der Waals surface area contributed by atoms with Crippen LogP contribution in [0.25, 0.3) is 0 Å². The first-order valence-corrected chi connectivity index (χ1v) is 4.91. The molecule has 0 bridgehead atoms. The predicted molar refractivity (Wildman–Crippen MR) is 54.6 cm³/mol. The summed E-state index contributed by atoms with van der Waals surface area (Å²) in [5, 5.41) is 9.50. The normalized spacial score (nSPS) is 10.7. The third-order valence-corrected chi connectivity index (χ3v) is 2.21. The van der Waals surface area contributed by atoms with Crippen LogP contribution in [0.1, 0.15) is 5.69 Å². The highest BCUT2D eigenvalue weighted by atomic mass is 19.2. The van der Waals surface area contributed by atoms with E-state index in [9.17, 15) is 17.6 Å². The molecule has 1 N–H and O–H groups in total. The minimum absolute atomic E-state index is 0.107. The molecule has 4 nitrogen and oxygen atoms in total. The maximum atomic E-state index is 13.3. The SMILES string of the molecule is Cn1cc(CNc2c(F)c(F)cc(F)c2F)nn1. The first-order chi connectivity index (χ1) is 8.49. The number of rotatable bonds is 3. The third-order valence-electron chi connectivity index (χ3n) is 2.21. The molecule has 0 atom stereocenters. The maximum Gasteiger partial charge on any atom is 0.185 e. The fraction of sp³-hybridized carbons (Fsp3) is 0.200. The van der Waals surface area contributed by atoms with Gasteiger partial charge in [0.05, 0.1) is 6.54 Å². The lowest BCUT2D eigenvalue weighted by Gasteiger charge is -2.08. The van der Waals surface area contributed by atoms with Gasteiger partial charge < -0.3 is 5.32 Å². The largest absolute Gasteiger partial charge is 0.374 e. The Hall–Kier alpha value is -2.12. The number of hydrogen-bond acceptors (Lipinski definition) is 3. The van der Waals surface area contributed by atoms with Crippen LogP contribution in [0.2, 0.25) is 0 Å². The molecular weight excluding hydrogens is 252 g/mol. The van der Waals surface area contributed by atoms with Crippen LogP contribution in [-0.4, -0.2) is 15.0 Å². The van der Waals surface area contributed by atoms with E-state index < -0.39 is 29.0 Å². The summed E-state index contributed by atoms with van der Waals surface area (Å²) in [7, 11) is 1.61. The molecule has 0 fully saturated rings. The lowest BCUT2D eigenvalue weighted by molar-refractivity contribution is 0.458. The molecule has 1 heterocycles. The minimum Gasteiger partial charge on any atom is -0.374 e. The minimum atomic E-state index is -1.47. The van der Waals surface area contributed by atoms with Gasteiger partial charge in [-0.3, -0.25) is 4.68 Å². The van der Waals surface area contributed by atoms with Crippen LogP contribution in [0.4, 0.5) is 23.2 Å². The summed E-state index contributed by atoms with van der Waals surface area (Å²) in [4.78, 5) is 0. The summed E-state index contributed by atoms with van der Waals surface area (Å²) in [6.07, 6.45) is 1.50. The van der Waals surface area contributed by atoms with Gasteiger partial charge in [-0.1, -0.05) is 5.21 Å². The van der Waals surface area contributed by atoms with Crippen molar-refractivity contribution in [3.8, 4) is 0 Å². The Labute approximate surface area is 99.2 Å². The summed E-state index contributed by atoms with van der Waals surface area (Å²) in [6.45, 7) is -0.107. The molecule has 0 aliphatic heterocycles. The number of nitrogens with one attached hydrogen (secondary N) is 1. The van der Waals surface area contributed by atoms with Gasteiger partial charge in [0.25, 0.3) is 0 Å². The summed E-state index contributed by atoms with van der Waals surface area (Å²) >= 11 is 0. The van der Waals surface area contributed by atoms with E-state index >= 15 is 0 Å². The Morgan fingerprint density at radius 1 is 1.17 bits per heavy atom. The molecule has 0 aliphatic carbocycles. The number of aryl methyl sites for hydroxylation is 1. The quantitative estimate of drug-likeness (QED) is 0.678. The van der Waals surface area contributed by atoms with Gasteiger partial charge in [0.15, 0.2) is 23.3 Å². The molecule has 2 rings (SSSR count). The van der Waals surface area contributed by atoms with Crippen molar-refractivity contribution >= 4 is 5.69 Å². The molecular formula is C10H8F4N4. The van der Waals surface area contributed by atoms with E-state index in [0.29, 0.717) is 5.69 Å². The average Bonchev–Trinajstić information content (AvgIpc) is 2.73. The van der Waals surface area contributed by atoms with E-state index in [1.807, 2.05) is 0 Å². The molecule has 0 aliphatic rings. The first-order valence-electron chi connectivity index (χ1n) is 4.91. The van der Waals surface area contributed by atoms with Crippen LogP contribution in [0.15, 0.2) is 12.3 Å². The van der Waals surface area contributed by atoms with Crippen molar-refractivity contribution in [3.63, 3.8) is 0 Å². The number of anilines is 1. The van der Waals surface area contributed by atoms with Crippen molar-refractivity contribution in [2.45, 2.75) is 6.54 Å². The van der Waals surface area contributed by atoms with Crippen molar-refractivity contribution in [1.29, 1.82) is 0 Å². The molecule has 0 amide bonds. The number of benzene rings is 1. The smallest absolute Gasteiger partial charge is 0.185 e. The molecule has 0 radical (unpaired) electrons. The zero-order valence-electron chi connectivity index (χ0n) is 9.22. The number of nitrogens with zero attached hydrogens (tertiary/aromatic N) is 3. The first kappa shape index (κ1) is 12.3. The summed E-state index contributed by atoms with van der Waals surface area (Å²) < 4.78 is 53.7. The van der Waals surface area contributed by atoms with Gasteiger partial charge in [-0.15, -0.1) is 5.10 Å². The van der Waals surface area contributed by atoms with Crippen molar-refractivity contribution < 1.29 is 17.6 Å². The zero-order chi connectivity index (χ0) is 13.3. The van der Waals surface area contributed by atoms with E-state index in [-0.39, 0.29) is 12.6 Å². The van der Waals surface area contributed by atoms with Crippen LogP contribution in [0.3, 0.4) is 0 Å².